The Kier molecular flexibility index (Phi) is 7.03. The van der Waals surface area contributed by atoms with Crippen LogP contribution in [0.3, 0.4) is 0 Å². The number of carbonyl (C=O) groups is 4. The van der Waals surface area contributed by atoms with Gasteiger partial charge in [0.15, 0.2) is 0 Å². The second kappa shape index (κ2) is 7.97. The first-order valence-electron chi connectivity index (χ1n) is 5.53. The molecule has 1 saturated heterocycles. The SMILES string of the molecule is C=C(C)C.CC1CC(=O)OC1=O.O=C1C=CC(=O)O1. The molecule has 0 radical (unpaired) electrons. The lowest BCUT2D eigenvalue weighted by Gasteiger charge is -1.86. The molecule has 0 aromatic heterocycles. The molecule has 1 atom stereocenters. The molecule has 0 aromatic rings. The van der Waals surface area contributed by atoms with Crippen molar-refractivity contribution in [3.8, 4) is 0 Å². The first-order chi connectivity index (χ1) is 8.72. The van der Waals surface area contributed by atoms with Gasteiger partial charge in [0.25, 0.3) is 0 Å². The molecule has 19 heavy (non-hydrogen) atoms. The Morgan fingerprint density at radius 1 is 1.11 bits per heavy atom. The minimum absolute atomic E-state index is 0.220. The van der Waals surface area contributed by atoms with E-state index in [1.165, 1.54) is 5.57 Å². The van der Waals surface area contributed by atoms with E-state index in [1.54, 1.807) is 6.92 Å². The van der Waals surface area contributed by atoms with Gasteiger partial charge in [-0.2, -0.15) is 0 Å². The minimum atomic E-state index is -0.579. The van der Waals surface area contributed by atoms with Crippen molar-refractivity contribution < 1.29 is 28.7 Å². The highest BCUT2D eigenvalue weighted by atomic mass is 16.6. The molecular weight excluding hydrogens is 252 g/mol. The first-order valence-corrected chi connectivity index (χ1v) is 5.53. The summed E-state index contributed by atoms with van der Waals surface area (Å²) in [6.07, 6.45) is 2.42. The lowest BCUT2D eigenvalue weighted by molar-refractivity contribution is -0.153. The second-order valence-corrected chi connectivity index (χ2v) is 4.18. The summed E-state index contributed by atoms with van der Waals surface area (Å²) in [5, 5.41) is 0. The monoisotopic (exact) mass is 268 g/mol. The van der Waals surface area contributed by atoms with Gasteiger partial charge >= 0.3 is 23.9 Å². The number of cyclic esters (lactones) is 4. The van der Waals surface area contributed by atoms with Crippen molar-refractivity contribution in [2.45, 2.75) is 27.2 Å². The lowest BCUT2D eigenvalue weighted by Crippen LogP contribution is -2.01. The molecule has 2 aliphatic heterocycles. The largest absolute Gasteiger partial charge is 0.393 e. The summed E-state index contributed by atoms with van der Waals surface area (Å²) >= 11 is 0. The van der Waals surface area contributed by atoms with Crippen molar-refractivity contribution >= 4 is 23.9 Å². The molecule has 0 saturated carbocycles. The molecular formula is C13H16O6. The Bertz CT molecular complexity index is 412. The third-order valence-electron chi connectivity index (χ3n) is 1.65. The van der Waals surface area contributed by atoms with Crippen LogP contribution in [0.5, 0.6) is 0 Å². The van der Waals surface area contributed by atoms with E-state index < -0.39 is 23.9 Å². The average molecular weight is 268 g/mol. The minimum Gasteiger partial charge on any atom is -0.393 e. The van der Waals surface area contributed by atoms with Gasteiger partial charge in [0.1, 0.15) is 0 Å². The highest BCUT2D eigenvalue weighted by Crippen LogP contribution is 2.13. The van der Waals surface area contributed by atoms with Gasteiger partial charge in [-0.05, 0) is 13.8 Å². The van der Waals surface area contributed by atoms with Gasteiger partial charge in [0.05, 0.1) is 12.3 Å². The van der Waals surface area contributed by atoms with Crippen LogP contribution in [-0.4, -0.2) is 23.9 Å². The van der Waals surface area contributed by atoms with E-state index in [4.69, 9.17) is 0 Å². The molecule has 2 aliphatic rings. The zero-order valence-electron chi connectivity index (χ0n) is 11.1. The smallest absolute Gasteiger partial charge is 0.338 e. The molecule has 0 aromatic carbocycles. The maximum absolute atomic E-state index is 10.3. The van der Waals surface area contributed by atoms with Gasteiger partial charge in [0.2, 0.25) is 0 Å². The Labute approximate surface area is 111 Å². The van der Waals surface area contributed by atoms with E-state index >= 15 is 0 Å². The first kappa shape index (κ1) is 16.8. The van der Waals surface area contributed by atoms with Crippen LogP contribution >= 0.6 is 0 Å². The van der Waals surface area contributed by atoms with Gasteiger partial charge in [-0.1, -0.05) is 12.5 Å². The molecule has 0 aliphatic carbocycles. The normalized spacial score (nSPS) is 19.8. The fourth-order valence-electron chi connectivity index (χ4n) is 0.891. The number of rotatable bonds is 0. The number of ether oxygens (including phenoxy) is 2. The van der Waals surface area contributed by atoms with Crippen LogP contribution in [0.1, 0.15) is 27.2 Å². The van der Waals surface area contributed by atoms with Gasteiger partial charge in [-0.15, -0.1) is 6.58 Å². The van der Waals surface area contributed by atoms with Crippen molar-refractivity contribution in [2.75, 3.05) is 0 Å². The van der Waals surface area contributed by atoms with Crippen molar-refractivity contribution in [3.63, 3.8) is 0 Å². The molecule has 0 bridgehead atoms. The summed E-state index contributed by atoms with van der Waals surface area (Å²) in [4.78, 5) is 40.4. The Hall–Kier alpha value is -2.24. The molecule has 2 rings (SSSR count). The zero-order chi connectivity index (χ0) is 15.0. The molecule has 0 spiro atoms. The highest BCUT2D eigenvalue weighted by Gasteiger charge is 2.28. The number of esters is 4. The lowest BCUT2D eigenvalue weighted by atomic mass is 10.1. The zero-order valence-corrected chi connectivity index (χ0v) is 11.1. The molecule has 0 N–H and O–H groups in total. The van der Waals surface area contributed by atoms with E-state index in [0.717, 1.165) is 12.2 Å². The van der Waals surface area contributed by atoms with E-state index in [2.05, 4.69) is 16.1 Å². The topological polar surface area (TPSA) is 86.7 Å². The van der Waals surface area contributed by atoms with Crippen LogP contribution in [0.4, 0.5) is 0 Å². The van der Waals surface area contributed by atoms with Gasteiger partial charge < -0.3 is 9.47 Å². The fraction of sp³-hybridized carbons (Fsp3) is 0.385. The van der Waals surface area contributed by atoms with Crippen molar-refractivity contribution in [1.29, 1.82) is 0 Å². The third-order valence-corrected chi connectivity index (χ3v) is 1.65. The molecule has 104 valence electrons. The molecule has 6 nitrogen and oxygen atoms in total. The third kappa shape index (κ3) is 8.48. The van der Waals surface area contributed by atoms with Crippen LogP contribution in [0, 0.1) is 5.92 Å². The predicted molar refractivity (Wildman–Crippen MR) is 65.6 cm³/mol. The highest BCUT2D eigenvalue weighted by molar-refractivity contribution is 6.04. The van der Waals surface area contributed by atoms with Crippen LogP contribution in [0.15, 0.2) is 24.3 Å². The van der Waals surface area contributed by atoms with Crippen molar-refractivity contribution in [2.24, 2.45) is 5.92 Å². The van der Waals surface area contributed by atoms with Crippen LogP contribution in [-0.2, 0) is 28.7 Å². The van der Waals surface area contributed by atoms with Crippen LogP contribution < -0.4 is 0 Å². The molecule has 6 heteroatoms. The van der Waals surface area contributed by atoms with Crippen LogP contribution in [0.25, 0.3) is 0 Å². The van der Waals surface area contributed by atoms with E-state index in [-0.39, 0.29) is 12.3 Å². The molecule has 1 fully saturated rings. The maximum atomic E-state index is 10.3. The van der Waals surface area contributed by atoms with E-state index in [0.29, 0.717) is 0 Å². The predicted octanol–water partition coefficient (Wildman–Crippen LogP) is 1.30. The van der Waals surface area contributed by atoms with E-state index in [1.807, 2.05) is 13.8 Å². The van der Waals surface area contributed by atoms with Gasteiger partial charge in [-0.3, -0.25) is 9.59 Å². The summed E-state index contributed by atoms with van der Waals surface area (Å²) in [6, 6.07) is 0. The molecule has 0 amide bonds. The summed E-state index contributed by atoms with van der Waals surface area (Å²) in [6.45, 7) is 9.17. The molecule has 1 unspecified atom stereocenters. The van der Waals surface area contributed by atoms with E-state index in [9.17, 15) is 19.2 Å². The summed E-state index contributed by atoms with van der Waals surface area (Å²) < 4.78 is 8.17. The maximum Gasteiger partial charge on any atom is 0.338 e. The van der Waals surface area contributed by atoms with Gasteiger partial charge in [-0.25, -0.2) is 9.59 Å². The average Bonchev–Trinajstić information content (AvgIpc) is 2.73. The Balaban J connectivity index is 0.000000272. The summed E-state index contributed by atoms with van der Waals surface area (Å²) in [5.41, 5.74) is 1.17. The number of hydrogen-bond acceptors (Lipinski definition) is 6. The standard InChI is InChI=1S/C5H6O3.C4H2O3.C4H8/c1-3-2-4(6)8-5(3)7;5-3-1-2-4(6)7-3;1-4(2)3/h3H,2H2,1H3;1-2H;1H2,2-3H3. The summed E-state index contributed by atoms with van der Waals surface area (Å²) in [7, 11) is 0. The van der Waals surface area contributed by atoms with Gasteiger partial charge in [0, 0.05) is 12.2 Å². The molecule has 2 heterocycles. The Morgan fingerprint density at radius 3 is 1.63 bits per heavy atom. The van der Waals surface area contributed by atoms with Crippen LogP contribution in [0.2, 0.25) is 0 Å². The summed E-state index contributed by atoms with van der Waals surface area (Å²) in [5.74, 6) is -2.17. The Morgan fingerprint density at radius 2 is 1.53 bits per heavy atom. The second-order valence-electron chi connectivity index (χ2n) is 4.18. The quantitative estimate of drug-likeness (QED) is 0.374. The number of allylic oxidation sites excluding steroid dienone is 1. The fourth-order valence-corrected chi connectivity index (χ4v) is 0.891. The van der Waals surface area contributed by atoms with Crippen molar-refractivity contribution in [3.05, 3.63) is 24.3 Å². The number of hydrogen-bond donors (Lipinski definition) is 0. The van der Waals surface area contributed by atoms with Crippen molar-refractivity contribution in [1.82, 2.24) is 0 Å². The number of carbonyl (C=O) groups excluding carboxylic acids is 4.